The van der Waals surface area contributed by atoms with Crippen molar-refractivity contribution < 1.29 is 28.2 Å². The molecule has 9 heteroatoms. The minimum absolute atomic E-state index is 0.0559. The van der Waals surface area contributed by atoms with Gasteiger partial charge in [-0.3, -0.25) is 4.79 Å². The van der Waals surface area contributed by atoms with Crippen LogP contribution in [0, 0.1) is 0 Å². The quantitative estimate of drug-likeness (QED) is 0.775. The topological polar surface area (TPSA) is 75.6 Å². The van der Waals surface area contributed by atoms with E-state index in [-0.39, 0.29) is 5.75 Å². The molecule has 3 rings (SSSR count). The van der Waals surface area contributed by atoms with Gasteiger partial charge in [0.2, 0.25) is 0 Å². The van der Waals surface area contributed by atoms with Gasteiger partial charge in [0.15, 0.2) is 0 Å². The molecule has 1 amide bonds. The molecule has 138 valence electrons. The van der Waals surface area contributed by atoms with Crippen LogP contribution in [0.5, 0.6) is 5.75 Å². The molecule has 2 aromatic rings. The van der Waals surface area contributed by atoms with Crippen LogP contribution >= 0.6 is 23.1 Å². The van der Waals surface area contributed by atoms with Crippen LogP contribution in [0.1, 0.15) is 16.1 Å². The zero-order chi connectivity index (χ0) is 18.7. The summed E-state index contributed by atoms with van der Waals surface area (Å²) >= 11 is 2.70. The van der Waals surface area contributed by atoms with Crippen LogP contribution in [0.4, 0.5) is 8.78 Å². The van der Waals surface area contributed by atoms with Gasteiger partial charge in [0.1, 0.15) is 11.3 Å². The number of nitrogens with one attached hydrogen (secondary N) is 1. The molecule has 26 heavy (non-hydrogen) atoms. The van der Waals surface area contributed by atoms with Crippen LogP contribution in [-0.2, 0) is 4.79 Å². The molecule has 1 fully saturated rings. The second-order valence-corrected chi connectivity index (χ2v) is 7.90. The van der Waals surface area contributed by atoms with Crippen molar-refractivity contribution in [2.45, 2.75) is 18.6 Å². The second-order valence-electron chi connectivity index (χ2n) is 5.71. The fourth-order valence-electron chi connectivity index (χ4n) is 2.58. The molecule has 2 N–H and O–H groups in total. The van der Waals surface area contributed by atoms with Crippen LogP contribution in [0.3, 0.4) is 0 Å². The van der Waals surface area contributed by atoms with Gasteiger partial charge in [-0.2, -0.15) is 20.5 Å². The Morgan fingerprint density at radius 3 is 2.50 bits per heavy atom. The summed E-state index contributed by atoms with van der Waals surface area (Å²) in [5.41, 5.74) is -0.472. The molecular weight excluding hydrogens is 384 g/mol. The van der Waals surface area contributed by atoms with Crippen molar-refractivity contribution in [3.63, 3.8) is 0 Å². The molecule has 0 saturated carbocycles. The maximum absolute atomic E-state index is 12.5. The van der Waals surface area contributed by atoms with Crippen molar-refractivity contribution in [1.29, 1.82) is 0 Å². The molecule has 0 bridgehead atoms. The van der Waals surface area contributed by atoms with Crippen molar-refractivity contribution >= 4 is 35.0 Å². The first-order valence-electron chi connectivity index (χ1n) is 7.68. The number of carboxylic acid groups (broad SMARTS) is 1. The van der Waals surface area contributed by atoms with E-state index in [9.17, 15) is 23.5 Å². The summed E-state index contributed by atoms with van der Waals surface area (Å²) in [5, 5.41) is 12.1. The third kappa shape index (κ3) is 3.99. The average Bonchev–Trinajstić information content (AvgIpc) is 3.25. The van der Waals surface area contributed by atoms with Crippen molar-refractivity contribution in [2.75, 3.05) is 11.5 Å². The minimum Gasteiger partial charge on any atom is -0.479 e. The molecule has 2 heterocycles. The number of carbonyl (C=O) groups excluding carboxylic acids is 1. The molecule has 1 atom stereocenters. The van der Waals surface area contributed by atoms with Gasteiger partial charge in [-0.1, -0.05) is 0 Å². The number of thioether (sulfide) groups is 1. The predicted octanol–water partition coefficient (Wildman–Crippen LogP) is 3.71. The highest BCUT2D eigenvalue weighted by atomic mass is 32.2. The van der Waals surface area contributed by atoms with Gasteiger partial charge in [-0.25, -0.2) is 4.79 Å². The number of carbonyl (C=O) groups is 2. The number of hydrogen-bond acceptors (Lipinski definition) is 5. The summed E-state index contributed by atoms with van der Waals surface area (Å²) in [5.74, 6) is -0.362. The van der Waals surface area contributed by atoms with E-state index in [4.69, 9.17) is 0 Å². The Bertz CT molecular complexity index is 801. The molecule has 1 aromatic carbocycles. The summed E-state index contributed by atoms with van der Waals surface area (Å²) in [6, 6.07) is 9.46. The van der Waals surface area contributed by atoms with Crippen molar-refractivity contribution in [1.82, 2.24) is 5.32 Å². The van der Waals surface area contributed by atoms with E-state index in [1.165, 1.54) is 35.2 Å². The zero-order valence-corrected chi connectivity index (χ0v) is 15.0. The number of carboxylic acids is 1. The number of benzene rings is 1. The predicted molar refractivity (Wildman–Crippen MR) is 96.2 cm³/mol. The fraction of sp³-hybridized carbons (Fsp3) is 0.294. The Kier molecular flexibility index (Phi) is 5.47. The molecule has 0 radical (unpaired) electrons. The number of hydrogen-bond donors (Lipinski definition) is 2. The number of aliphatic carboxylic acids is 1. The smallest absolute Gasteiger partial charge is 0.387 e. The summed E-state index contributed by atoms with van der Waals surface area (Å²) in [6.07, 6.45) is 0.391. The highest BCUT2D eigenvalue weighted by molar-refractivity contribution is 7.99. The largest absolute Gasteiger partial charge is 0.479 e. The summed E-state index contributed by atoms with van der Waals surface area (Å²) < 4.78 is 28.7. The number of amides is 1. The van der Waals surface area contributed by atoms with Crippen molar-refractivity contribution in [2.24, 2.45) is 0 Å². The molecule has 5 nitrogen and oxygen atoms in total. The first-order chi connectivity index (χ1) is 12.4. The molecule has 1 aliphatic rings. The third-order valence-electron chi connectivity index (χ3n) is 3.98. The highest BCUT2D eigenvalue weighted by Gasteiger charge is 2.43. The number of halogens is 2. The summed E-state index contributed by atoms with van der Waals surface area (Å²) in [6.45, 7) is -2.88. The van der Waals surface area contributed by atoms with Crippen LogP contribution in [0.2, 0.25) is 0 Å². The van der Waals surface area contributed by atoms with Crippen LogP contribution in [0.25, 0.3) is 10.4 Å². The van der Waals surface area contributed by atoms with Gasteiger partial charge < -0.3 is 15.2 Å². The van der Waals surface area contributed by atoms with E-state index >= 15 is 0 Å². The Morgan fingerprint density at radius 2 is 1.92 bits per heavy atom. The van der Waals surface area contributed by atoms with Gasteiger partial charge in [-0.05, 0) is 54.1 Å². The molecule has 1 aromatic heterocycles. The van der Waals surface area contributed by atoms with Crippen molar-refractivity contribution in [3.8, 4) is 16.2 Å². The number of rotatable bonds is 6. The lowest BCUT2D eigenvalue weighted by Gasteiger charge is -2.24. The summed E-state index contributed by atoms with van der Waals surface area (Å²) in [7, 11) is 0. The van der Waals surface area contributed by atoms with Gasteiger partial charge >= 0.3 is 12.6 Å². The highest BCUT2D eigenvalue weighted by Crippen LogP contribution is 2.32. The molecule has 1 unspecified atom stereocenters. The van der Waals surface area contributed by atoms with E-state index < -0.39 is 24.0 Å². The molecule has 0 aliphatic carbocycles. The maximum atomic E-state index is 12.5. The van der Waals surface area contributed by atoms with E-state index in [0.29, 0.717) is 22.8 Å². The summed E-state index contributed by atoms with van der Waals surface area (Å²) in [4.78, 5) is 25.2. The first kappa shape index (κ1) is 18.7. The van der Waals surface area contributed by atoms with E-state index in [0.717, 1.165) is 10.4 Å². The third-order valence-corrected chi connectivity index (χ3v) is 6.30. The number of alkyl halides is 2. The van der Waals surface area contributed by atoms with E-state index in [1.807, 2.05) is 0 Å². The average molecular weight is 399 g/mol. The molecular formula is C17H15F2NO4S2. The maximum Gasteiger partial charge on any atom is 0.387 e. The standard InChI is InChI=1S/C17H15F2NO4S2/c18-16(19)24-11-3-1-10(2-4-11)12-5-6-13(26-12)14(21)20-17(15(22)23)7-8-25-9-17/h1-6,16H,7-9H2,(H,20,21)(H,22,23). The van der Waals surface area contributed by atoms with Crippen LogP contribution in [-0.4, -0.2) is 40.6 Å². The number of thiophene rings is 1. The lowest BCUT2D eigenvalue weighted by molar-refractivity contribution is -0.143. The number of ether oxygens (including phenoxy) is 1. The van der Waals surface area contributed by atoms with E-state index in [1.54, 1.807) is 24.3 Å². The zero-order valence-electron chi connectivity index (χ0n) is 13.4. The first-order valence-corrected chi connectivity index (χ1v) is 9.65. The SMILES string of the molecule is O=C(NC1(C(=O)O)CCSC1)c1ccc(-c2ccc(OC(F)F)cc2)s1. The van der Waals surface area contributed by atoms with Crippen LogP contribution < -0.4 is 10.1 Å². The van der Waals surface area contributed by atoms with Crippen molar-refractivity contribution in [3.05, 3.63) is 41.3 Å². The molecule has 1 saturated heterocycles. The lowest BCUT2D eigenvalue weighted by Crippen LogP contribution is -2.54. The molecule has 0 spiro atoms. The monoisotopic (exact) mass is 399 g/mol. The van der Waals surface area contributed by atoms with Crippen LogP contribution in [0.15, 0.2) is 36.4 Å². The normalized spacial score (nSPS) is 19.5. The Labute approximate surface area is 156 Å². The van der Waals surface area contributed by atoms with E-state index in [2.05, 4.69) is 10.1 Å². The Balaban J connectivity index is 1.73. The van der Waals surface area contributed by atoms with Gasteiger partial charge in [0.25, 0.3) is 5.91 Å². The minimum atomic E-state index is -2.88. The fourth-order valence-corrected chi connectivity index (χ4v) is 4.81. The Hall–Kier alpha value is -2.13. The Morgan fingerprint density at radius 1 is 1.19 bits per heavy atom. The van der Waals surface area contributed by atoms with Gasteiger partial charge in [0, 0.05) is 10.6 Å². The lowest BCUT2D eigenvalue weighted by atomic mass is 9.99. The van der Waals surface area contributed by atoms with Gasteiger partial charge in [-0.15, -0.1) is 11.3 Å². The second kappa shape index (κ2) is 7.63. The van der Waals surface area contributed by atoms with Gasteiger partial charge in [0.05, 0.1) is 4.88 Å². The molecule has 1 aliphatic heterocycles.